The number of fused-ring (bicyclic) bond motifs is 1. The molecular weight excluding hydrogens is 460 g/mol. The standard InChI is InChI=1S/C28H36N2O4S/c1-21-14-17-29(18-15-21)19-16-22(2)30(26-11-7-9-23-8-5-6-10-25(23)26)35(31,32)24-12-13-27(33-3)28(20-24)34-4/h5-13,20-22H,14-19H2,1-4H3/t22-/m1/s1. The van der Waals surface area contributed by atoms with Gasteiger partial charge in [0.05, 0.1) is 24.8 Å². The Morgan fingerprint density at radius 2 is 1.66 bits per heavy atom. The number of nitrogens with zero attached hydrogens (tertiary/aromatic N) is 2. The minimum absolute atomic E-state index is 0.182. The second kappa shape index (κ2) is 10.9. The first-order chi connectivity index (χ1) is 16.8. The molecule has 0 aliphatic carbocycles. The highest BCUT2D eigenvalue weighted by atomic mass is 32.2. The van der Waals surface area contributed by atoms with Gasteiger partial charge in [0.1, 0.15) is 0 Å². The van der Waals surface area contributed by atoms with E-state index in [1.54, 1.807) is 22.5 Å². The molecule has 0 amide bonds. The normalized spacial score (nSPS) is 16.2. The van der Waals surface area contributed by atoms with Crippen molar-refractivity contribution in [2.24, 2.45) is 5.92 Å². The molecule has 4 rings (SSSR count). The van der Waals surface area contributed by atoms with E-state index in [0.29, 0.717) is 17.2 Å². The van der Waals surface area contributed by atoms with Crippen LogP contribution in [0.5, 0.6) is 11.5 Å². The fraction of sp³-hybridized carbons (Fsp3) is 0.429. The second-order valence-corrected chi connectivity index (χ2v) is 11.3. The van der Waals surface area contributed by atoms with Crippen LogP contribution in [0.2, 0.25) is 0 Å². The smallest absolute Gasteiger partial charge is 0.264 e. The van der Waals surface area contributed by atoms with Crippen molar-refractivity contribution in [3.05, 3.63) is 60.7 Å². The summed E-state index contributed by atoms with van der Waals surface area (Å²) in [6.45, 7) is 7.33. The van der Waals surface area contributed by atoms with E-state index in [1.165, 1.54) is 27.1 Å². The van der Waals surface area contributed by atoms with Gasteiger partial charge in [-0.2, -0.15) is 0 Å². The molecule has 1 atom stereocenters. The molecule has 3 aromatic carbocycles. The molecule has 1 aliphatic heterocycles. The molecule has 188 valence electrons. The third-order valence-electron chi connectivity index (χ3n) is 7.06. The van der Waals surface area contributed by atoms with Crippen LogP contribution in [0.15, 0.2) is 65.6 Å². The van der Waals surface area contributed by atoms with Crippen LogP contribution in [0, 0.1) is 5.92 Å². The zero-order valence-electron chi connectivity index (χ0n) is 21.1. The van der Waals surface area contributed by atoms with Crippen LogP contribution < -0.4 is 13.8 Å². The minimum Gasteiger partial charge on any atom is -0.493 e. The molecule has 1 saturated heterocycles. The average molecular weight is 497 g/mol. The maximum atomic E-state index is 14.2. The Bertz CT molecular complexity index is 1250. The molecule has 0 unspecified atom stereocenters. The van der Waals surface area contributed by atoms with Crippen molar-refractivity contribution in [3.63, 3.8) is 0 Å². The van der Waals surface area contributed by atoms with Gasteiger partial charge in [-0.3, -0.25) is 4.31 Å². The summed E-state index contributed by atoms with van der Waals surface area (Å²) in [5.41, 5.74) is 0.692. The Labute approximate surface area is 209 Å². The topological polar surface area (TPSA) is 59.1 Å². The average Bonchev–Trinajstić information content (AvgIpc) is 2.88. The Morgan fingerprint density at radius 3 is 2.37 bits per heavy atom. The van der Waals surface area contributed by atoms with Gasteiger partial charge in [0.15, 0.2) is 11.5 Å². The molecule has 35 heavy (non-hydrogen) atoms. The molecule has 0 N–H and O–H groups in total. The van der Waals surface area contributed by atoms with Gasteiger partial charge in [0.25, 0.3) is 10.0 Å². The molecule has 0 saturated carbocycles. The van der Waals surface area contributed by atoms with Crippen LogP contribution in [-0.4, -0.2) is 53.2 Å². The summed E-state index contributed by atoms with van der Waals surface area (Å²) in [5.74, 6) is 1.65. The van der Waals surface area contributed by atoms with Crippen molar-refractivity contribution in [2.75, 3.05) is 38.2 Å². The van der Waals surface area contributed by atoms with Gasteiger partial charge < -0.3 is 14.4 Å². The fourth-order valence-corrected chi connectivity index (χ4v) is 6.59. The van der Waals surface area contributed by atoms with Gasteiger partial charge in [-0.05, 0) is 68.8 Å². The summed E-state index contributed by atoms with van der Waals surface area (Å²) in [6, 6.07) is 18.3. The van der Waals surface area contributed by atoms with Gasteiger partial charge in [-0.25, -0.2) is 8.42 Å². The second-order valence-electron chi connectivity index (χ2n) is 9.48. The Balaban J connectivity index is 1.74. The number of rotatable bonds is 9. The van der Waals surface area contributed by atoms with Crippen LogP contribution >= 0.6 is 0 Å². The van der Waals surface area contributed by atoms with E-state index in [9.17, 15) is 8.42 Å². The van der Waals surface area contributed by atoms with Crippen LogP contribution in [0.25, 0.3) is 10.8 Å². The molecule has 3 aromatic rings. The number of hydrogen-bond acceptors (Lipinski definition) is 5. The van der Waals surface area contributed by atoms with Gasteiger partial charge in [-0.15, -0.1) is 0 Å². The monoisotopic (exact) mass is 496 g/mol. The minimum atomic E-state index is -3.88. The number of anilines is 1. The third kappa shape index (κ3) is 5.41. The number of hydrogen-bond donors (Lipinski definition) is 0. The van der Waals surface area contributed by atoms with Crippen molar-refractivity contribution in [1.29, 1.82) is 0 Å². The highest BCUT2D eigenvalue weighted by Gasteiger charge is 2.32. The molecule has 0 radical (unpaired) electrons. The van der Waals surface area contributed by atoms with E-state index in [1.807, 2.05) is 49.4 Å². The molecule has 7 heteroatoms. The quantitative estimate of drug-likeness (QED) is 0.388. The molecule has 6 nitrogen and oxygen atoms in total. The molecule has 1 heterocycles. The first kappa shape index (κ1) is 25.3. The number of likely N-dealkylation sites (tertiary alicyclic amines) is 1. The molecule has 0 bridgehead atoms. The molecular formula is C28H36N2O4S. The Hall–Kier alpha value is -2.77. The van der Waals surface area contributed by atoms with E-state index >= 15 is 0 Å². The summed E-state index contributed by atoms with van der Waals surface area (Å²) < 4.78 is 40.7. The predicted molar refractivity (Wildman–Crippen MR) is 142 cm³/mol. The lowest BCUT2D eigenvalue weighted by Crippen LogP contribution is -2.42. The third-order valence-corrected chi connectivity index (χ3v) is 8.98. The van der Waals surface area contributed by atoms with E-state index < -0.39 is 10.0 Å². The highest BCUT2D eigenvalue weighted by Crippen LogP contribution is 2.36. The maximum absolute atomic E-state index is 14.2. The Morgan fingerprint density at radius 1 is 0.971 bits per heavy atom. The van der Waals surface area contributed by atoms with Crippen LogP contribution in [0.3, 0.4) is 0 Å². The van der Waals surface area contributed by atoms with Gasteiger partial charge in [0.2, 0.25) is 0 Å². The Kier molecular flexibility index (Phi) is 7.87. The lowest BCUT2D eigenvalue weighted by molar-refractivity contribution is 0.188. The van der Waals surface area contributed by atoms with Crippen molar-refractivity contribution < 1.29 is 17.9 Å². The number of piperidine rings is 1. The summed E-state index contributed by atoms with van der Waals surface area (Å²) in [4.78, 5) is 2.64. The molecule has 0 aromatic heterocycles. The van der Waals surface area contributed by atoms with Crippen molar-refractivity contribution >= 4 is 26.5 Å². The van der Waals surface area contributed by atoms with Crippen LogP contribution in [0.4, 0.5) is 5.69 Å². The van der Waals surface area contributed by atoms with Crippen LogP contribution in [0.1, 0.15) is 33.1 Å². The van der Waals surface area contributed by atoms with E-state index in [-0.39, 0.29) is 10.9 Å². The van der Waals surface area contributed by atoms with Gasteiger partial charge in [-0.1, -0.05) is 43.3 Å². The van der Waals surface area contributed by atoms with E-state index in [0.717, 1.165) is 42.7 Å². The largest absolute Gasteiger partial charge is 0.493 e. The van der Waals surface area contributed by atoms with Crippen molar-refractivity contribution in [2.45, 2.75) is 44.0 Å². The lowest BCUT2D eigenvalue weighted by Gasteiger charge is -2.35. The summed E-state index contributed by atoms with van der Waals surface area (Å²) in [7, 11) is -0.833. The SMILES string of the molecule is COc1ccc(S(=O)(=O)N(c2cccc3ccccc23)[C@H](C)CCN2CCC(C)CC2)cc1OC. The van der Waals surface area contributed by atoms with E-state index in [4.69, 9.17) is 9.47 Å². The molecule has 1 aliphatic rings. The number of ether oxygens (including phenoxy) is 2. The van der Waals surface area contributed by atoms with Crippen molar-refractivity contribution in [3.8, 4) is 11.5 Å². The molecule has 0 spiro atoms. The zero-order chi connectivity index (χ0) is 25.0. The highest BCUT2D eigenvalue weighted by molar-refractivity contribution is 7.92. The number of benzene rings is 3. The first-order valence-corrected chi connectivity index (χ1v) is 13.8. The number of sulfonamides is 1. The zero-order valence-corrected chi connectivity index (χ0v) is 21.9. The lowest BCUT2D eigenvalue weighted by atomic mass is 9.99. The fourth-order valence-electron chi connectivity index (χ4n) is 4.87. The first-order valence-electron chi connectivity index (χ1n) is 12.3. The van der Waals surface area contributed by atoms with E-state index in [2.05, 4.69) is 11.8 Å². The summed E-state index contributed by atoms with van der Waals surface area (Å²) in [6.07, 6.45) is 3.14. The maximum Gasteiger partial charge on any atom is 0.264 e. The number of methoxy groups -OCH3 is 2. The van der Waals surface area contributed by atoms with Gasteiger partial charge in [0, 0.05) is 24.0 Å². The molecule has 1 fully saturated rings. The summed E-state index contributed by atoms with van der Waals surface area (Å²) >= 11 is 0. The summed E-state index contributed by atoms with van der Waals surface area (Å²) in [5, 5.41) is 1.92. The van der Waals surface area contributed by atoms with Crippen molar-refractivity contribution in [1.82, 2.24) is 4.90 Å². The predicted octanol–water partition coefficient (Wildman–Crippen LogP) is 5.56. The van der Waals surface area contributed by atoms with Gasteiger partial charge >= 0.3 is 0 Å². The van der Waals surface area contributed by atoms with Crippen LogP contribution in [-0.2, 0) is 10.0 Å².